The predicted molar refractivity (Wildman–Crippen MR) is 294 cm³/mol. The Morgan fingerprint density at radius 3 is 2.43 bits per heavy atom. The fraction of sp³-hybridized carbons (Fsp3) is 0.517. The Bertz CT molecular complexity index is 3500. The van der Waals surface area contributed by atoms with Crippen molar-refractivity contribution in [3.63, 3.8) is 0 Å². The number of para-hydroxylation sites is 1. The van der Waals surface area contributed by atoms with Crippen LogP contribution >= 0.6 is 0 Å². The van der Waals surface area contributed by atoms with Gasteiger partial charge in [-0.15, -0.1) is 6.42 Å². The molecule has 3 aromatic heterocycles. The molecule has 3 aromatic carbocycles. The van der Waals surface area contributed by atoms with Gasteiger partial charge >= 0.3 is 17.8 Å². The SMILES string of the molecule is C#Cc1c(F)ccc2cccc(-c3ncc4c(N5C[C@H]6CC[C@@H](C5)N6)nc(OC[C@]56CCCN5[C@H](COC(=O)N5CCC(CC7CCN(Cc8cccc9c8n(C)c(=O)n9C8CCC(=O)NC8=O)CC7)CC5)CC6)nc4c3F)c12. The summed E-state index contributed by atoms with van der Waals surface area (Å²) in [7, 11) is 1.76. The van der Waals surface area contributed by atoms with E-state index in [-0.39, 0.29) is 58.5 Å². The number of hydrogen-bond acceptors (Lipinski definition) is 13. The molecule has 13 rings (SSSR count). The van der Waals surface area contributed by atoms with Crippen LogP contribution in [0.25, 0.3) is 44.0 Å². The number of aromatic nitrogens is 5. The summed E-state index contributed by atoms with van der Waals surface area (Å²) < 4.78 is 48.2. The van der Waals surface area contributed by atoms with Crippen molar-refractivity contribution in [1.82, 2.24) is 49.4 Å². The van der Waals surface area contributed by atoms with Crippen LogP contribution in [0.3, 0.4) is 0 Å². The van der Waals surface area contributed by atoms with Crippen LogP contribution in [0.2, 0.25) is 0 Å². The molecule has 7 saturated heterocycles. The number of nitrogens with one attached hydrogen (secondary N) is 2. The Morgan fingerprint density at radius 1 is 0.886 bits per heavy atom. The van der Waals surface area contributed by atoms with Crippen molar-refractivity contribution in [2.45, 2.75) is 120 Å². The fourth-order valence-electron chi connectivity index (χ4n) is 14.7. The zero-order valence-electron chi connectivity index (χ0n) is 44.7. The van der Waals surface area contributed by atoms with E-state index < -0.39 is 23.6 Å². The Hall–Kier alpha value is -7.01. The first-order valence-corrected chi connectivity index (χ1v) is 28.5. The van der Waals surface area contributed by atoms with Crippen molar-refractivity contribution >= 4 is 56.4 Å². The zero-order valence-corrected chi connectivity index (χ0v) is 44.7. The maximum absolute atomic E-state index is 17.2. The highest BCUT2D eigenvalue weighted by Gasteiger charge is 2.50. The second kappa shape index (κ2) is 20.9. The average Bonchev–Trinajstić information content (AvgIpc) is 4.23. The highest BCUT2D eigenvalue weighted by molar-refractivity contribution is 6.02. The van der Waals surface area contributed by atoms with Crippen LogP contribution in [0.4, 0.5) is 19.4 Å². The van der Waals surface area contributed by atoms with Crippen LogP contribution < -0.4 is 26.0 Å². The highest BCUT2D eigenvalue weighted by atomic mass is 19.1. The molecule has 10 heterocycles. The molecular weight excluding hydrogens is 1010 g/mol. The number of anilines is 1. The number of pyridine rings is 1. The number of carbonyl (C=O) groups is 3. The fourth-order valence-corrected chi connectivity index (χ4v) is 14.7. The number of piperidine rings is 3. The molecule has 0 radical (unpaired) electrons. The summed E-state index contributed by atoms with van der Waals surface area (Å²) in [5, 5.41) is 7.64. The lowest BCUT2D eigenvalue weighted by Crippen LogP contribution is -2.51. The van der Waals surface area contributed by atoms with Crippen LogP contribution in [-0.4, -0.2) is 139 Å². The van der Waals surface area contributed by atoms with Gasteiger partial charge in [-0.3, -0.25) is 38.8 Å². The molecule has 1 unspecified atom stereocenters. The normalized spacial score (nSPS) is 25.1. The van der Waals surface area contributed by atoms with Crippen LogP contribution in [0.1, 0.15) is 101 Å². The maximum atomic E-state index is 17.2. The van der Waals surface area contributed by atoms with Crippen LogP contribution in [0.15, 0.2) is 59.5 Å². The number of benzene rings is 3. The van der Waals surface area contributed by atoms with E-state index in [1.807, 2.05) is 23.1 Å². The van der Waals surface area contributed by atoms with Gasteiger partial charge in [0.05, 0.1) is 27.5 Å². The summed E-state index contributed by atoms with van der Waals surface area (Å²) in [6.07, 6.45) is 18.6. The van der Waals surface area contributed by atoms with E-state index in [2.05, 4.69) is 42.3 Å². The number of rotatable bonds is 12. The first kappa shape index (κ1) is 51.4. The minimum absolute atomic E-state index is 0.0188. The van der Waals surface area contributed by atoms with E-state index in [0.717, 1.165) is 101 Å². The van der Waals surface area contributed by atoms with Gasteiger partial charge in [0.15, 0.2) is 5.82 Å². The van der Waals surface area contributed by atoms with Gasteiger partial charge in [0.2, 0.25) is 11.8 Å². The number of fused-ring (bicyclic) bond motifs is 6. The number of imide groups is 1. The largest absolute Gasteiger partial charge is 0.461 e. The Kier molecular flexibility index (Phi) is 13.6. The first-order valence-electron chi connectivity index (χ1n) is 28.5. The van der Waals surface area contributed by atoms with E-state index in [1.54, 1.807) is 40.6 Å². The van der Waals surface area contributed by atoms with E-state index in [1.165, 1.54) is 6.07 Å². The molecule has 7 fully saturated rings. The minimum Gasteiger partial charge on any atom is -0.461 e. The molecule has 17 nitrogen and oxygen atoms in total. The number of terminal acetylenes is 1. The van der Waals surface area contributed by atoms with E-state index >= 15 is 8.78 Å². The van der Waals surface area contributed by atoms with Crippen LogP contribution in [0.5, 0.6) is 6.01 Å². The van der Waals surface area contributed by atoms with Crippen molar-refractivity contribution < 1.29 is 32.6 Å². The molecule has 412 valence electrons. The van der Waals surface area contributed by atoms with E-state index in [0.29, 0.717) is 109 Å². The predicted octanol–water partition coefficient (Wildman–Crippen LogP) is 7.20. The smallest absolute Gasteiger partial charge is 0.409 e. The van der Waals surface area contributed by atoms with Crippen molar-refractivity contribution in [3.8, 4) is 29.6 Å². The van der Waals surface area contributed by atoms with Gasteiger partial charge in [0, 0.05) is 81.5 Å². The summed E-state index contributed by atoms with van der Waals surface area (Å²) in [5.41, 5.74) is 2.56. The molecule has 2 N–H and O–H groups in total. The number of aryl methyl sites for hydroxylation is 1. The van der Waals surface area contributed by atoms with Gasteiger partial charge in [-0.1, -0.05) is 42.3 Å². The number of amides is 3. The summed E-state index contributed by atoms with van der Waals surface area (Å²) in [6.45, 7) is 6.87. The van der Waals surface area contributed by atoms with Gasteiger partial charge in [-0.05, 0) is 132 Å². The Morgan fingerprint density at radius 2 is 1.66 bits per heavy atom. The molecule has 3 amide bonds. The number of halogens is 2. The van der Waals surface area contributed by atoms with Gasteiger partial charge < -0.3 is 24.6 Å². The molecular formula is C60H67F2N11O6. The zero-order chi connectivity index (χ0) is 54.1. The molecule has 5 atom stereocenters. The number of piperazine rings is 1. The average molecular weight is 1080 g/mol. The molecule has 7 aliphatic heterocycles. The summed E-state index contributed by atoms with van der Waals surface area (Å²) in [6, 6.07) is 14.2. The van der Waals surface area contributed by atoms with Crippen LogP contribution in [0, 0.1) is 35.8 Å². The molecule has 2 bridgehead atoms. The molecule has 6 aromatic rings. The number of carbonyl (C=O) groups excluding carboxylic acids is 3. The first-order chi connectivity index (χ1) is 38.4. The summed E-state index contributed by atoms with van der Waals surface area (Å²) in [5.74, 6) is 2.26. The van der Waals surface area contributed by atoms with Gasteiger partial charge in [-0.2, -0.15) is 9.97 Å². The van der Waals surface area contributed by atoms with Crippen molar-refractivity contribution in [1.29, 1.82) is 0 Å². The van der Waals surface area contributed by atoms with E-state index in [9.17, 15) is 19.2 Å². The molecule has 0 spiro atoms. The van der Waals surface area contributed by atoms with E-state index in [4.69, 9.17) is 25.9 Å². The van der Waals surface area contributed by atoms with Crippen LogP contribution in [-0.2, 0) is 27.9 Å². The maximum Gasteiger partial charge on any atom is 0.409 e. The van der Waals surface area contributed by atoms with Crippen molar-refractivity contribution in [2.24, 2.45) is 18.9 Å². The molecule has 7 aliphatic rings. The van der Waals surface area contributed by atoms with Gasteiger partial charge in [-0.25, -0.2) is 18.4 Å². The minimum atomic E-state index is -0.711. The number of ether oxygens (including phenoxy) is 2. The lowest BCUT2D eigenvalue weighted by molar-refractivity contribution is -0.135. The highest BCUT2D eigenvalue weighted by Crippen LogP contribution is 2.44. The van der Waals surface area contributed by atoms with Gasteiger partial charge in [0.25, 0.3) is 0 Å². The number of likely N-dealkylation sites (tertiary alicyclic amines) is 2. The topological polar surface area (TPSA) is 172 Å². The summed E-state index contributed by atoms with van der Waals surface area (Å²) in [4.78, 5) is 75.1. The Balaban J connectivity index is 0.620. The second-order valence-corrected chi connectivity index (χ2v) is 23.5. The number of nitrogens with zero attached hydrogens (tertiary/aromatic N) is 9. The lowest BCUT2D eigenvalue weighted by Gasteiger charge is -2.37. The Labute approximate surface area is 457 Å². The quantitative estimate of drug-likeness (QED) is 0.0932. The molecule has 0 aliphatic carbocycles. The summed E-state index contributed by atoms with van der Waals surface area (Å²) >= 11 is 0. The standard InChI is InChI=1S/C60H67F2N11O6/c1-3-43-46(61)14-11-38-7-4-9-44(50(38)43)52-51(62)53-45(30-63-52)55(71-32-40-12-13-41(33-71)64-40)67-57(66-53)79-35-60-22-6-24-72(60)42(17-23-60)34-78-59(77)70-27-20-37(21-28-70)29-36-18-25-69(26-19-36)31-39-8-5-10-47-54(39)68(2)58(76)73(47)48-15-16-49(74)65-56(48)75/h1,4-5,7-11,14,30,36-37,40-42,48,64H,6,12-13,15-29,31-35H2,2H3,(H,65,74,75)/t40-,41+,42-,48?,60+/m0/s1. The third-order valence-corrected chi connectivity index (χ3v) is 18.8. The third-order valence-electron chi connectivity index (χ3n) is 18.8. The van der Waals surface area contributed by atoms with Gasteiger partial charge in [0.1, 0.15) is 42.1 Å². The third kappa shape index (κ3) is 9.46. The lowest BCUT2D eigenvalue weighted by atomic mass is 9.83. The second-order valence-electron chi connectivity index (χ2n) is 23.5. The molecule has 0 saturated carbocycles. The number of hydrogen-bond donors (Lipinski definition) is 2. The number of imidazole rings is 1. The monoisotopic (exact) mass is 1080 g/mol. The molecule has 79 heavy (non-hydrogen) atoms. The van der Waals surface area contributed by atoms with Crippen molar-refractivity contribution in [2.75, 3.05) is 63.9 Å². The molecule has 19 heteroatoms. The van der Waals surface area contributed by atoms with Crippen molar-refractivity contribution in [3.05, 3.63) is 88.0 Å².